The highest BCUT2D eigenvalue weighted by atomic mass is 16.7. The van der Waals surface area contributed by atoms with Crippen molar-refractivity contribution in [3.63, 3.8) is 0 Å². The van der Waals surface area contributed by atoms with Gasteiger partial charge < -0.3 is 28.4 Å². The molecule has 1 unspecified atom stereocenters. The Morgan fingerprint density at radius 2 is 1.38 bits per heavy atom. The van der Waals surface area contributed by atoms with Gasteiger partial charge in [0.1, 0.15) is 0 Å². The summed E-state index contributed by atoms with van der Waals surface area (Å²) in [6.07, 6.45) is 0.982. The number of methoxy groups -OCH3 is 6. The Kier molecular flexibility index (Phi) is 6.65. The summed E-state index contributed by atoms with van der Waals surface area (Å²) in [4.78, 5) is 25.5. The molecular formula is C18H30O8. The number of ether oxygens (including phenoxy) is 6. The second kappa shape index (κ2) is 8.21. The van der Waals surface area contributed by atoms with Crippen LogP contribution in [0.25, 0.3) is 0 Å². The van der Waals surface area contributed by atoms with Gasteiger partial charge in [0.25, 0.3) is 0 Å². The fourth-order valence-corrected chi connectivity index (χ4v) is 5.27. The van der Waals surface area contributed by atoms with Gasteiger partial charge >= 0.3 is 11.9 Å². The Labute approximate surface area is 154 Å². The molecule has 0 spiro atoms. The Hall–Kier alpha value is -1.22. The summed E-state index contributed by atoms with van der Waals surface area (Å²) in [5.41, 5.74) is -1.81. The van der Waals surface area contributed by atoms with Crippen LogP contribution >= 0.6 is 0 Å². The molecule has 2 fully saturated rings. The number of hydrogen-bond acceptors (Lipinski definition) is 8. The lowest BCUT2D eigenvalue weighted by Gasteiger charge is -2.51. The van der Waals surface area contributed by atoms with Crippen molar-refractivity contribution in [2.24, 2.45) is 22.7 Å². The van der Waals surface area contributed by atoms with Crippen molar-refractivity contribution >= 4 is 11.9 Å². The fourth-order valence-electron chi connectivity index (χ4n) is 5.27. The molecule has 2 bridgehead atoms. The summed E-state index contributed by atoms with van der Waals surface area (Å²) in [5.74, 6) is -1.69. The van der Waals surface area contributed by atoms with Gasteiger partial charge in [-0.25, -0.2) is 0 Å². The van der Waals surface area contributed by atoms with Gasteiger partial charge in [0.15, 0.2) is 18.0 Å². The van der Waals surface area contributed by atoms with Crippen LogP contribution in [0.1, 0.15) is 25.7 Å². The van der Waals surface area contributed by atoms with E-state index in [1.165, 1.54) is 28.4 Å². The molecule has 0 N–H and O–H groups in total. The van der Waals surface area contributed by atoms with Crippen LogP contribution in [0.15, 0.2) is 0 Å². The molecule has 0 aromatic carbocycles. The van der Waals surface area contributed by atoms with Crippen molar-refractivity contribution in [1.82, 2.24) is 0 Å². The summed E-state index contributed by atoms with van der Waals surface area (Å²) >= 11 is 0. The van der Waals surface area contributed by atoms with E-state index in [0.29, 0.717) is 19.3 Å². The molecule has 0 saturated heterocycles. The summed E-state index contributed by atoms with van der Waals surface area (Å²) < 4.78 is 32.3. The Morgan fingerprint density at radius 1 is 0.846 bits per heavy atom. The zero-order valence-electron chi connectivity index (χ0n) is 16.4. The van der Waals surface area contributed by atoms with Crippen LogP contribution in [-0.4, -0.2) is 67.2 Å². The molecule has 150 valence electrons. The molecule has 0 amide bonds. The van der Waals surface area contributed by atoms with Crippen LogP contribution in [0.5, 0.6) is 0 Å². The van der Waals surface area contributed by atoms with Gasteiger partial charge in [-0.1, -0.05) is 0 Å². The highest BCUT2D eigenvalue weighted by Gasteiger charge is 2.69. The topological polar surface area (TPSA) is 89.5 Å². The Morgan fingerprint density at radius 3 is 1.81 bits per heavy atom. The summed E-state index contributed by atoms with van der Waals surface area (Å²) in [5, 5.41) is 0. The van der Waals surface area contributed by atoms with E-state index in [0.717, 1.165) is 0 Å². The number of carbonyl (C=O) groups excluding carboxylic acids is 2. The van der Waals surface area contributed by atoms with Crippen LogP contribution in [0.3, 0.4) is 0 Å². The van der Waals surface area contributed by atoms with Gasteiger partial charge in [0.05, 0.1) is 14.2 Å². The number of fused-ring (bicyclic) bond motifs is 2. The van der Waals surface area contributed by atoms with E-state index in [9.17, 15) is 9.59 Å². The molecule has 0 aromatic rings. The van der Waals surface area contributed by atoms with Crippen LogP contribution in [-0.2, 0) is 38.0 Å². The van der Waals surface area contributed by atoms with Crippen molar-refractivity contribution in [3.8, 4) is 0 Å². The van der Waals surface area contributed by atoms with Gasteiger partial charge in [0, 0.05) is 39.8 Å². The highest BCUT2D eigenvalue weighted by molar-refractivity contribution is 6.00. The van der Waals surface area contributed by atoms with Crippen LogP contribution in [0.2, 0.25) is 0 Å². The molecule has 0 heterocycles. The van der Waals surface area contributed by atoms with Gasteiger partial charge in [-0.15, -0.1) is 0 Å². The van der Waals surface area contributed by atoms with E-state index >= 15 is 0 Å². The third-order valence-electron chi connectivity index (χ3n) is 6.35. The summed E-state index contributed by atoms with van der Waals surface area (Å²) in [6.45, 7) is 0. The first kappa shape index (κ1) is 21.1. The summed E-state index contributed by atoms with van der Waals surface area (Å²) in [6, 6.07) is 0. The lowest BCUT2D eigenvalue weighted by Crippen LogP contribution is -2.58. The minimum absolute atomic E-state index is 0.187. The molecule has 2 aliphatic carbocycles. The molecule has 2 saturated carbocycles. The molecule has 3 atom stereocenters. The van der Waals surface area contributed by atoms with E-state index < -0.39 is 35.3 Å². The highest BCUT2D eigenvalue weighted by Crippen LogP contribution is 2.64. The maximum Gasteiger partial charge on any atom is 0.323 e. The van der Waals surface area contributed by atoms with Crippen molar-refractivity contribution < 1.29 is 38.0 Å². The predicted molar refractivity (Wildman–Crippen MR) is 90.0 cm³/mol. The van der Waals surface area contributed by atoms with E-state index in [1.807, 2.05) is 0 Å². The number of rotatable bonds is 8. The minimum atomic E-state index is -1.38. The number of esters is 2. The third-order valence-corrected chi connectivity index (χ3v) is 6.35. The van der Waals surface area contributed by atoms with E-state index in [1.54, 1.807) is 14.2 Å². The van der Waals surface area contributed by atoms with Gasteiger partial charge in [-0.3, -0.25) is 9.59 Å². The monoisotopic (exact) mass is 374 g/mol. The van der Waals surface area contributed by atoms with Gasteiger partial charge in [-0.05, 0) is 31.6 Å². The molecule has 0 aliphatic heterocycles. The molecule has 0 aromatic heterocycles. The van der Waals surface area contributed by atoms with Crippen molar-refractivity contribution in [1.29, 1.82) is 0 Å². The normalized spacial score (nSPS) is 29.8. The third kappa shape index (κ3) is 2.93. The largest absolute Gasteiger partial charge is 0.468 e. The smallest absolute Gasteiger partial charge is 0.323 e. The molecule has 8 nitrogen and oxygen atoms in total. The lowest BCUT2D eigenvalue weighted by molar-refractivity contribution is -0.259. The van der Waals surface area contributed by atoms with E-state index in [2.05, 4.69) is 0 Å². The van der Waals surface area contributed by atoms with Gasteiger partial charge in [0.2, 0.25) is 0 Å². The first-order valence-electron chi connectivity index (χ1n) is 8.69. The molecule has 8 heteroatoms. The second-order valence-electron chi connectivity index (χ2n) is 7.08. The van der Waals surface area contributed by atoms with Crippen LogP contribution < -0.4 is 0 Å². The molecule has 0 radical (unpaired) electrons. The van der Waals surface area contributed by atoms with Crippen molar-refractivity contribution in [3.05, 3.63) is 0 Å². The standard InChI is InChI=1S/C18H30O8/c1-21-13(22-2)12-10-18(14(19)23-3,15(20)24-4)11-7-8-17(12,9-11)16(25-5)26-6/h11-13,16H,7-10H2,1-6H3/t11?,12-,17+/m1/s1. The van der Waals surface area contributed by atoms with E-state index in [-0.39, 0.29) is 18.3 Å². The maximum atomic E-state index is 12.8. The average Bonchev–Trinajstić information content (AvgIpc) is 3.06. The fraction of sp³-hybridized carbons (Fsp3) is 0.889. The lowest BCUT2D eigenvalue weighted by atomic mass is 9.56. The average molecular weight is 374 g/mol. The molecule has 26 heavy (non-hydrogen) atoms. The quantitative estimate of drug-likeness (QED) is 0.357. The maximum absolute atomic E-state index is 12.8. The summed E-state index contributed by atoms with van der Waals surface area (Å²) in [7, 11) is 8.83. The van der Waals surface area contributed by atoms with Crippen LogP contribution in [0.4, 0.5) is 0 Å². The van der Waals surface area contributed by atoms with Gasteiger partial charge in [-0.2, -0.15) is 0 Å². The zero-order chi connectivity index (χ0) is 19.5. The predicted octanol–water partition coefficient (Wildman–Crippen LogP) is 1.36. The Balaban J connectivity index is 2.58. The zero-order valence-corrected chi connectivity index (χ0v) is 16.4. The number of hydrogen-bond donors (Lipinski definition) is 0. The van der Waals surface area contributed by atoms with Crippen LogP contribution in [0, 0.1) is 22.7 Å². The molecule has 2 rings (SSSR count). The van der Waals surface area contributed by atoms with E-state index in [4.69, 9.17) is 28.4 Å². The minimum Gasteiger partial charge on any atom is -0.468 e. The molecule has 2 aliphatic rings. The first-order valence-corrected chi connectivity index (χ1v) is 8.69. The van der Waals surface area contributed by atoms with Crippen molar-refractivity contribution in [2.75, 3.05) is 42.7 Å². The van der Waals surface area contributed by atoms with Crippen molar-refractivity contribution in [2.45, 2.75) is 38.3 Å². The first-order chi connectivity index (χ1) is 12.4. The SMILES string of the molecule is COC(=O)C1(C(=O)OC)C[C@H](C(OC)OC)[C@]2(C(OC)OC)CCC1C2. The molecular weight excluding hydrogens is 344 g/mol. The Bertz CT molecular complexity index is 497. The second-order valence-corrected chi connectivity index (χ2v) is 7.08. The number of carbonyl (C=O) groups is 2.